The molecule has 2 aromatic rings. The number of rotatable bonds is 6. The third kappa shape index (κ3) is 6.06. The predicted octanol–water partition coefficient (Wildman–Crippen LogP) is 4.43. The Labute approximate surface area is 208 Å². The third-order valence-electron chi connectivity index (χ3n) is 7.01. The van der Waals surface area contributed by atoms with E-state index in [1.54, 1.807) is 7.05 Å². The van der Waals surface area contributed by atoms with Gasteiger partial charge in [-0.1, -0.05) is 19.1 Å². The van der Waals surface area contributed by atoms with Crippen molar-refractivity contribution in [2.45, 2.75) is 57.3 Å². The number of carbonyl (C=O) groups excluding carboxylic acids is 1. The van der Waals surface area contributed by atoms with Crippen LogP contribution in [0.3, 0.4) is 0 Å². The molecule has 0 bridgehead atoms. The first kappa shape index (κ1) is 26.1. The summed E-state index contributed by atoms with van der Waals surface area (Å²) in [5.74, 6) is -0.906. The Kier molecular flexibility index (Phi) is 7.68. The number of halogens is 4. The number of benzene rings is 2. The molecule has 0 saturated carbocycles. The summed E-state index contributed by atoms with van der Waals surface area (Å²) in [4.78, 5) is 18.9. The van der Waals surface area contributed by atoms with Crippen LogP contribution in [0.15, 0.2) is 41.4 Å². The summed E-state index contributed by atoms with van der Waals surface area (Å²) < 4.78 is 54.7. The molecule has 3 atom stereocenters. The van der Waals surface area contributed by atoms with E-state index in [4.69, 9.17) is 4.99 Å². The van der Waals surface area contributed by atoms with Crippen LogP contribution < -0.4 is 10.2 Å². The van der Waals surface area contributed by atoms with Crippen LogP contribution in [0.1, 0.15) is 48.4 Å². The van der Waals surface area contributed by atoms with Gasteiger partial charge in [-0.3, -0.25) is 9.79 Å². The molecule has 1 saturated heterocycles. The maximum atomic E-state index is 15.2. The molecule has 0 spiro atoms. The number of amides is 1. The number of fused-ring (bicyclic) bond motifs is 1. The maximum absolute atomic E-state index is 15.2. The van der Waals surface area contributed by atoms with E-state index < -0.39 is 18.4 Å². The summed E-state index contributed by atoms with van der Waals surface area (Å²) in [6.07, 6.45) is -4.38. The topological polar surface area (TPSA) is 64.9 Å². The van der Waals surface area contributed by atoms with E-state index in [1.807, 2.05) is 31.2 Å². The summed E-state index contributed by atoms with van der Waals surface area (Å²) in [5.41, 5.74) is 2.60. The highest BCUT2D eigenvalue weighted by atomic mass is 19.4. The molecule has 9 heteroatoms. The van der Waals surface area contributed by atoms with Crippen molar-refractivity contribution in [1.82, 2.24) is 5.32 Å². The molecular weight excluding hydrogens is 474 g/mol. The van der Waals surface area contributed by atoms with Crippen LogP contribution in [0.25, 0.3) is 0 Å². The zero-order valence-electron chi connectivity index (χ0n) is 20.4. The molecule has 4 rings (SSSR count). The van der Waals surface area contributed by atoms with Crippen molar-refractivity contribution in [3.63, 3.8) is 0 Å². The summed E-state index contributed by atoms with van der Waals surface area (Å²) >= 11 is 0. The zero-order chi connectivity index (χ0) is 26.0. The molecule has 2 N–H and O–H groups in total. The first-order valence-electron chi connectivity index (χ1n) is 12.2. The molecule has 194 valence electrons. The maximum Gasteiger partial charge on any atom is 0.393 e. The van der Waals surface area contributed by atoms with Crippen LogP contribution in [0.4, 0.5) is 23.2 Å². The molecule has 0 radical (unpaired) electrons. The van der Waals surface area contributed by atoms with E-state index in [0.29, 0.717) is 48.2 Å². The summed E-state index contributed by atoms with van der Waals surface area (Å²) in [6, 6.07) is 9.53. The lowest BCUT2D eigenvalue weighted by molar-refractivity contribution is -0.127. The average Bonchev–Trinajstić information content (AvgIpc) is 3.20. The molecular formula is C27H31F4N3O2. The standard InChI is InChI=1S/C27H31F4N3O2/c1-16-11-21-22(12-17(13-23(21)28)14-27(29,30)31)26(33-24(16)7-8-25(36)32-2)18-3-5-19(6-4-18)34-10-9-20(35)15-34/h3-6,12-13,16,20,24,35H,7-11,14-15H2,1-2H3,(H,32,36). The molecule has 0 aromatic heterocycles. The van der Waals surface area contributed by atoms with Crippen LogP contribution in [0, 0.1) is 11.7 Å². The Bertz CT molecular complexity index is 1130. The van der Waals surface area contributed by atoms with Crippen molar-refractivity contribution in [2.24, 2.45) is 10.9 Å². The Balaban J connectivity index is 1.76. The van der Waals surface area contributed by atoms with Gasteiger partial charge in [-0.05, 0) is 60.6 Å². The van der Waals surface area contributed by atoms with Crippen molar-refractivity contribution in [3.8, 4) is 0 Å². The number of β-amino-alcohol motifs (C(OH)–C–C–N with tert-alkyl or cyclic N) is 1. The monoisotopic (exact) mass is 505 g/mol. The fourth-order valence-electron chi connectivity index (χ4n) is 5.06. The Morgan fingerprint density at radius 3 is 2.56 bits per heavy atom. The van der Waals surface area contributed by atoms with Gasteiger partial charge in [0.2, 0.25) is 5.91 Å². The van der Waals surface area contributed by atoms with Crippen LogP contribution in [-0.4, -0.2) is 55.2 Å². The fourth-order valence-corrected chi connectivity index (χ4v) is 5.06. The molecule has 5 nitrogen and oxygen atoms in total. The minimum absolute atomic E-state index is 0.112. The molecule has 2 aromatic carbocycles. The van der Waals surface area contributed by atoms with Gasteiger partial charge in [0, 0.05) is 43.4 Å². The summed E-state index contributed by atoms with van der Waals surface area (Å²) in [5, 5.41) is 12.4. The van der Waals surface area contributed by atoms with Gasteiger partial charge in [0.15, 0.2) is 0 Å². The van der Waals surface area contributed by atoms with Crippen LogP contribution in [0.2, 0.25) is 0 Å². The number of alkyl halides is 3. The number of carbonyl (C=O) groups is 1. The van der Waals surface area contributed by atoms with Crippen LogP contribution >= 0.6 is 0 Å². The summed E-state index contributed by atoms with van der Waals surface area (Å²) in [6.45, 7) is 3.19. The van der Waals surface area contributed by atoms with Crippen molar-refractivity contribution >= 4 is 17.3 Å². The van der Waals surface area contributed by atoms with Crippen LogP contribution in [-0.2, 0) is 17.6 Å². The van der Waals surface area contributed by atoms with E-state index in [-0.39, 0.29) is 36.0 Å². The largest absolute Gasteiger partial charge is 0.393 e. The lowest BCUT2D eigenvalue weighted by atomic mass is 9.88. The predicted molar refractivity (Wildman–Crippen MR) is 131 cm³/mol. The van der Waals surface area contributed by atoms with Crippen molar-refractivity contribution in [2.75, 3.05) is 25.0 Å². The third-order valence-corrected chi connectivity index (χ3v) is 7.01. The molecule has 2 heterocycles. The van der Waals surface area contributed by atoms with Gasteiger partial charge in [-0.15, -0.1) is 0 Å². The second-order valence-corrected chi connectivity index (χ2v) is 9.77. The highest BCUT2D eigenvalue weighted by molar-refractivity contribution is 6.14. The first-order chi connectivity index (χ1) is 17.0. The van der Waals surface area contributed by atoms with E-state index in [2.05, 4.69) is 10.2 Å². The first-order valence-corrected chi connectivity index (χ1v) is 12.2. The minimum Gasteiger partial charge on any atom is -0.391 e. The number of aliphatic imine (C=N–C) groups is 1. The van der Waals surface area contributed by atoms with Crippen molar-refractivity contribution in [1.29, 1.82) is 0 Å². The number of nitrogens with one attached hydrogen (secondary N) is 1. The molecule has 2 aliphatic heterocycles. The quantitative estimate of drug-likeness (QED) is 0.571. The zero-order valence-corrected chi connectivity index (χ0v) is 20.4. The fraction of sp³-hybridized carbons (Fsp3) is 0.481. The number of aliphatic hydroxyl groups excluding tert-OH is 1. The summed E-state index contributed by atoms with van der Waals surface area (Å²) in [7, 11) is 1.56. The second kappa shape index (κ2) is 10.6. The molecule has 2 aliphatic rings. The van der Waals surface area contributed by atoms with E-state index in [1.165, 1.54) is 6.07 Å². The smallest absolute Gasteiger partial charge is 0.391 e. The molecule has 3 unspecified atom stereocenters. The van der Waals surface area contributed by atoms with Gasteiger partial charge in [0.05, 0.1) is 24.3 Å². The lowest BCUT2D eigenvalue weighted by Crippen LogP contribution is -2.23. The number of hydrogen-bond donors (Lipinski definition) is 2. The second-order valence-electron chi connectivity index (χ2n) is 9.77. The molecule has 0 aliphatic carbocycles. The van der Waals surface area contributed by atoms with E-state index in [0.717, 1.165) is 18.3 Å². The van der Waals surface area contributed by atoms with E-state index in [9.17, 15) is 23.1 Å². The molecule has 36 heavy (non-hydrogen) atoms. The molecule has 1 fully saturated rings. The number of hydrogen-bond acceptors (Lipinski definition) is 4. The van der Waals surface area contributed by atoms with Gasteiger partial charge in [-0.25, -0.2) is 4.39 Å². The Morgan fingerprint density at radius 2 is 1.94 bits per heavy atom. The highest BCUT2D eigenvalue weighted by Crippen LogP contribution is 2.33. The highest BCUT2D eigenvalue weighted by Gasteiger charge is 2.32. The van der Waals surface area contributed by atoms with Gasteiger partial charge < -0.3 is 15.3 Å². The van der Waals surface area contributed by atoms with Gasteiger partial charge in [-0.2, -0.15) is 13.2 Å². The number of anilines is 1. The van der Waals surface area contributed by atoms with Crippen molar-refractivity contribution in [3.05, 3.63) is 64.5 Å². The van der Waals surface area contributed by atoms with Crippen LogP contribution in [0.5, 0.6) is 0 Å². The SMILES string of the molecule is CNC(=O)CCC1N=C(c2ccc(N3CCC(O)C3)cc2)c2cc(CC(F)(F)F)cc(F)c2CC1C. The molecule has 1 amide bonds. The van der Waals surface area contributed by atoms with E-state index >= 15 is 4.39 Å². The van der Waals surface area contributed by atoms with Gasteiger partial charge in [0.25, 0.3) is 0 Å². The number of aliphatic hydroxyl groups is 1. The van der Waals surface area contributed by atoms with Gasteiger partial charge in [0.1, 0.15) is 5.82 Å². The average molecular weight is 506 g/mol. The van der Waals surface area contributed by atoms with Gasteiger partial charge >= 0.3 is 6.18 Å². The minimum atomic E-state index is -4.46. The lowest BCUT2D eigenvalue weighted by Gasteiger charge is -2.19. The normalized spacial score (nSPS) is 22.1. The number of nitrogens with zero attached hydrogens (tertiary/aromatic N) is 2. The Hall–Kier alpha value is -2.94. The Morgan fingerprint density at radius 1 is 1.22 bits per heavy atom. The van der Waals surface area contributed by atoms with Crippen molar-refractivity contribution < 1.29 is 27.5 Å².